The predicted molar refractivity (Wildman–Crippen MR) is 107 cm³/mol. The zero-order valence-electron chi connectivity index (χ0n) is 13.1. The number of fused-ring (bicyclic) bond motifs is 3. The van der Waals surface area contributed by atoms with E-state index in [4.69, 9.17) is 17.2 Å². The predicted octanol–water partition coefficient (Wildman–Crippen LogP) is 4.38. The maximum absolute atomic E-state index is 5.65. The molecule has 1 aliphatic rings. The summed E-state index contributed by atoms with van der Waals surface area (Å²) in [6.45, 7) is 3.33. The van der Waals surface area contributed by atoms with Crippen molar-refractivity contribution in [3.63, 3.8) is 0 Å². The largest absolute Gasteiger partial charge is 0.276 e. The number of hydrogen-bond acceptors (Lipinski definition) is 3. The first-order valence-electron chi connectivity index (χ1n) is 7.78. The van der Waals surface area contributed by atoms with Crippen LogP contribution in [-0.2, 0) is 13.1 Å². The second-order valence-corrected chi connectivity index (χ2v) is 7.15. The summed E-state index contributed by atoms with van der Waals surface area (Å²) in [6, 6.07) is 16.7. The van der Waals surface area contributed by atoms with Crippen LogP contribution >= 0.6 is 34.8 Å². The van der Waals surface area contributed by atoms with Crippen LogP contribution in [0.4, 0.5) is 0 Å². The van der Waals surface area contributed by atoms with E-state index in [0.29, 0.717) is 6.54 Å². The molecule has 0 atom stereocenters. The minimum Gasteiger partial charge on any atom is -0.276 e. The van der Waals surface area contributed by atoms with Crippen molar-refractivity contribution < 1.29 is 0 Å². The molecule has 0 N–H and O–H groups in total. The van der Waals surface area contributed by atoms with Crippen LogP contribution in [-0.4, -0.2) is 20.1 Å². The first kappa shape index (κ1) is 15.7. The van der Waals surface area contributed by atoms with E-state index >= 15 is 0 Å². The number of aromatic nitrogens is 3. The average molecular weight is 446 g/mol. The number of hydrogen-bond donors (Lipinski definition) is 0. The van der Waals surface area contributed by atoms with Gasteiger partial charge in [-0.15, -0.1) is 0 Å². The molecule has 6 heteroatoms. The van der Waals surface area contributed by atoms with Gasteiger partial charge in [0.25, 0.3) is 0 Å². The Morgan fingerprint density at radius 2 is 1.96 bits per heavy atom. The number of aryl methyl sites for hydroxylation is 1. The van der Waals surface area contributed by atoms with Crippen molar-refractivity contribution in [3.05, 3.63) is 73.8 Å². The fraction of sp³-hybridized carbons (Fsp3) is 0.167. The van der Waals surface area contributed by atoms with Crippen LogP contribution in [0.3, 0.4) is 0 Å². The molecule has 4 rings (SSSR count). The van der Waals surface area contributed by atoms with Gasteiger partial charge in [-0.05, 0) is 59.9 Å². The third-order valence-corrected chi connectivity index (χ3v) is 5.15. The van der Waals surface area contributed by atoms with Crippen molar-refractivity contribution in [2.24, 2.45) is 4.99 Å². The molecule has 0 radical (unpaired) electrons. The minimum atomic E-state index is 0.520. The molecule has 0 saturated carbocycles. The van der Waals surface area contributed by atoms with E-state index in [0.717, 1.165) is 39.7 Å². The summed E-state index contributed by atoms with van der Waals surface area (Å²) in [7, 11) is 0. The van der Waals surface area contributed by atoms with Gasteiger partial charge in [0.1, 0.15) is 6.54 Å². The standard InChI is InChI=1S/C18H15IN4S/c1-2-22-18(24)23-15-9-8-13(19)10-14(15)17(20-11-16(23)21-22)12-6-4-3-5-7-12/h3-10H,2,11H2,1H3. The molecule has 0 spiro atoms. The van der Waals surface area contributed by atoms with E-state index in [-0.39, 0.29) is 0 Å². The molecule has 2 heterocycles. The smallest absolute Gasteiger partial charge is 0.202 e. The lowest BCUT2D eigenvalue weighted by atomic mass is 10.0. The number of rotatable bonds is 2. The highest BCUT2D eigenvalue weighted by Gasteiger charge is 2.21. The van der Waals surface area contributed by atoms with Gasteiger partial charge < -0.3 is 0 Å². The first-order valence-corrected chi connectivity index (χ1v) is 9.26. The van der Waals surface area contributed by atoms with E-state index in [1.165, 1.54) is 3.57 Å². The van der Waals surface area contributed by atoms with Crippen LogP contribution in [0.2, 0.25) is 0 Å². The monoisotopic (exact) mass is 446 g/mol. The minimum absolute atomic E-state index is 0.520. The van der Waals surface area contributed by atoms with Crippen LogP contribution in [0.25, 0.3) is 5.69 Å². The Kier molecular flexibility index (Phi) is 4.09. The van der Waals surface area contributed by atoms with Crippen molar-refractivity contribution in [1.29, 1.82) is 0 Å². The molecular formula is C18H15IN4S. The SMILES string of the molecule is CCn1nc2n(c1=S)-c1ccc(I)cc1C(c1ccccc1)=NC2. The van der Waals surface area contributed by atoms with Crippen LogP contribution in [0, 0.1) is 8.34 Å². The van der Waals surface area contributed by atoms with E-state index in [2.05, 4.69) is 69.5 Å². The van der Waals surface area contributed by atoms with Gasteiger partial charge >= 0.3 is 0 Å². The topological polar surface area (TPSA) is 35.1 Å². The van der Waals surface area contributed by atoms with Crippen LogP contribution in [0.15, 0.2) is 53.5 Å². The molecule has 120 valence electrons. The average Bonchev–Trinajstić information content (AvgIpc) is 2.83. The lowest BCUT2D eigenvalue weighted by molar-refractivity contribution is 0.638. The highest BCUT2D eigenvalue weighted by molar-refractivity contribution is 14.1. The molecule has 2 aromatic carbocycles. The summed E-state index contributed by atoms with van der Waals surface area (Å²) in [4.78, 5) is 4.88. The van der Waals surface area contributed by atoms with Crippen LogP contribution in [0.5, 0.6) is 0 Å². The molecule has 4 nitrogen and oxygen atoms in total. The molecule has 3 aromatic rings. The summed E-state index contributed by atoms with van der Waals surface area (Å²) >= 11 is 7.98. The Labute approximate surface area is 159 Å². The summed E-state index contributed by atoms with van der Waals surface area (Å²) < 4.78 is 5.81. The van der Waals surface area contributed by atoms with Crippen molar-refractivity contribution in [1.82, 2.24) is 14.3 Å². The molecule has 0 amide bonds. The molecule has 0 saturated heterocycles. The maximum atomic E-state index is 5.65. The van der Waals surface area contributed by atoms with Crippen LogP contribution < -0.4 is 0 Å². The van der Waals surface area contributed by atoms with E-state index < -0.39 is 0 Å². The number of benzene rings is 2. The summed E-state index contributed by atoms with van der Waals surface area (Å²) in [5.74, 6) is 0.884. The number of nitrogens with zero attached hydrogens (tertiary/aromatic N) is 4. The van der Waals surface area contributed by atoms with Gasteiger partial charge in [-0.3, -0.25) is 9.56 Å². The highest BCUT2D eigenvalue weighted by atomic mass is 127. The second kappa shape index (κ2) is 6.25. The molecule has 0 fully saturated rings. The van der Waals surface area contributed by atoms with Crippen LogP contribution in [0.1, 0.15) is 23.9 Å². The Hall–Kier alpha value is -1.80. The fourth-order valence-corrected chi connectivity index (χ4v) is 3.84. The van der Waals surface area contributed by atoms with Gasteiger partial charge in [0.05, 0.1) is 11.4 Å². The van der Waals surface area contributed by atoms with Gasteiger partial charge in [0.2, 0.25) is 4.77 Å². The first-order chi connectivity index (χ1) is 11.7. The fourth-order valence-electron chi connectivity index (χ4n) is 2.97. The molecule has 0 bridgehead atoms. The Morgan fingerprint density at radius 3 is 2.71 bits per heavy atom. The molecular weight excluding hydrogens is 431 g/mol. The van der Waals surface area contributed by atoms with Gasteiger partial charge in [0.15, 0.2) is 5.82 Å². The number of halogens is 1. The summed E-state index contributed by atoms with van der Waals surface area (Å²) in [5, 5.41) is 4.64. The third kappa shape index (κ3) is 2.53. The van der Waals surface area contributed by atoms with Gasteiger partial charge in [-0.25, -0.2) is 4.68 Å². The van der Waals surface area contributed by atoms with Crippen molar-refractivity contribution in [2.45, 2.75) is 20.0 Å². The molecule has 0 aliphatic carbocycles. The van der Waals surface area contributed by atoms with Crippen molar-refractivity contribution in [2.75, 3.05) is 0 Å². The zero-order chi connectivity index (χ0) is 16.7. The molecule has 0 unspecified atom stereocenters. The number of aliphatic imine (C=N–C) groups is 1. The zero-order valence-corrected chi connectivity index (χ0v) is 16.1. The molecule has 1 aromatic heterocycles. The van der Waals surface area contributed by atoms with Gasteiger partial charge in [0, 0.05) is 21.2 Å². The van der Waals surface area contributed by atoms with Gasteiger partial charge in [-0.2, -0.15) is 5.10 Å². The van der Waals surface area contributed by atoms with Crippen molar-refractivity contribution >= 4 is 40.5 Å². The van der Waals surface area contributed by atoms with E-state index in [9.17, 15) is 0 Å². The summed E-state index contributed by atoms with van der Waals surface area (Å²) in [5.41, 5.74) is 4.25. The summed E-state index contributed by atoms with van der Waals surface area (Å²) in [6.07, 6.45) is 0. The molecule has 1 aliphatic heterocycles. The van der Waals surface area contributed by atoms with Gasteiger partial charge in [-0.1, -0.05) is 30.3 Å². The molecule has 24 heavy (non-hydrogen) atoms. The Bertz CT molecular complexity index is 1000. The Balaban J connectivity index is 2.02. The third-order valence-electron chi connectivity index (χ3n) is 4.09. The van der Waals surface area contributed by atoms with E-state index in [1.54, 1.807) is 0 Å². The lowest BCUT2D eigenvalue weighted by Crippen LogP contribution is -2.08. The Morgan fingerprint density at radius 1 is 1.17 bits per heavy atom. The highest BCUT2D eigenvalue weighted by Crippen LogP contribution is 2.27. The lowest BCUT2D eigenvalue weighted by Gasteiger charge is -2.12. The normalized spacial score (nSPS) is 13.0. The quantitative estimate of drug-likeness (QED) is 0.433. The second-order valence-electron chi connectivity index (χ2n) is 5.54. The van der Waals surface area contributed by atoms with E-state index in [1.807, 2.05) is 22.9 Å². The van der Waals surface area contributed by atoms with Crippen molar-refractivity contribution in [3.8, 4) is 5.69 Å². The maximum Gasteiger partial charge on any atom is 0.202 e.